The number of carbonyl (C=O) groups is 4. The van der Waals surface area contributed by atoms with Gasteiger partial charge < -0.3 is 29.8 Å². The van der Waals surface area contributed by atoms with Crippen LogP contribution in [0.3, 0.4) is 0 Å². The zero-order valence-electron chi connectivity index (χ0n) is 28.7. The SMILES string of the molecule is CCCCCCCC(=O)CC[C@@H]1[C@@H](C/C=C\CCCC(=O)NCC(=O)Oc2ccc(CCOC(=O)CCCO[N+](=O)[O-])cc2)[C@@H](O)C[C@H]1O. The smallest absolute Gasteiger partial charge is 0.330 e. The number of ether oxygens (including phenoxy) is 2. The maximum absolute atomic E-state index is 12.3. The lowest BCUT2D eigenvalue weighted by atomic mass is 9.86. The van der Waals surface area contributed by atoms with Crippen LogP contribution in [0, 0.1) is 22.0 Å². The van der Waals surface area contributed by atoms with Gasteiger partial charge in [0, 0.05) is 32.1 Å². The minimum atomic E-state index is -0.913. The number of amides is 1. The van der Waals surface area contributed by atoms with Gasteiger partial charge in [-0.3, -0.25) is 14.4 Å². The number of ketones is 1. The number of Topliss-reactive ketones (excluding diaryl/α,β-unsaturated/α-hetero) is 1. The Hall–Kier alpha value is -3.84. The molecule has 1 saturated carbocycles. The second-order valence-electron chi connectivity index (χ2n) is 12.6. The molecule has 1 fully saturated rings. The Labute approximate surface area is 288 Å². The van der Waals surface area contributed by atoms with Crippen molar-refractivity contribution < 1.29 is 48.8 Å². The van der Waals surface area contributed by atoms with Gasteiger partial charge in [0.15, 0.2) is 0 Å². The van der Waals surface area contributed by atoms with Gasteiger partial charge >= 0.3 is 11.9 Å². The monoisotopic (exact) mass is 690 g/mol. The molecule has 1 aromatic carbocycles. The van der Waals surface area contributed by atoms with Crippen LogP contribution in [0.2, 0.25) is 0 Å². The Morgan fingerprint density at radius 1 is 0.878 bits per heavy atom. The number of nitrogens with zero attached hydrogens (tertiary/aromatic N) is 1. The number of esters is 2. The van der Waals surface area contributed by atoms with Crippen molar-refractivity contribution in [2.45, 2.75) is 122 Å². The molecule has 13 heteroatoms. The molecule has 1 amide bonds. The predicted octanol–water partition coefficient (Wildman–Crippen LogP) is 4.97. The molecule has 1 aliphatic carbocycles. The number of nitrogens with one attached hydrogen (secondary N) is 1. The molecular formula is C36H54N2O11. The third-order valence-corrected chi connectivity index (χ3v) is 8.65. The summed E-state index contributed by atoms with van der Waals surface area (Å²) in [6.45, 7) is 1.85. The number of allylic oxidation sites excluding steroid dienone is 2. The van der Waals surface area contributed by atoms with E-state index in [-0.39, 0.29) is 62.5 Å². The quantitative estimate of drug-likeness (QED) is 0.0297. The summed E-state index contributed by atoms with van der Waals surface area (Å²) in [5.74, 6) is -1.02. The van der Waals surface area contributed by atoms with Gasteiger partial charge in [0.25, 0.3) is 5.09 Å². The fraction of sp³-hybridized carbons (Fsp3) is 0.667. The highest BCUT2D eigenvalue weighted by Crippen LogP contribution is 2.38. The summed E-state index contributed by atoms with van der Waals surface area (Å²) in [5.41, 5.74) is 0.846. The van der Waals surface area contributed by atoms with Gasteiger partial charge in [-0.1, -0.05) is 56.9 Å². The topological polar surface area (TPSA) is 192 Å². The molecule has 0 bridgehead atoms. The molecule has 49 heavy (non-hydrogen) atoms. The van der Waals surface area contributed by atoms with Crippen LogP contribution in [0.15, 0.2) is 36.4 Å². The summed E-state index contributed by atoms with van der Waals surface area (Å²) in [7, 11) is 0. The minimum Gasteiger partial charge on any atom is -0.465 e. The molecule has 3 N–H and O–H groups in total. The fourth-order valence-electron chi connectivity index (χ4n) is 5.90. The maximum atomic E-state index is 12.3. The van der Waals surface area contributed by atoms with E-state index >= 15 is 0 Å². The van der Waals surface area contributed by atoms with Crippen molar-refractivity contribution in [1.29, 1.82) is 0 Å². The van der Waals surface area contributed by atoms with E-state index in [4.69, 9.17) is 9.47 Å². The number of hydrogen-bond acceptors (Lipinski definition) is 11. The molecule has 0 aliphatic heterocycles. The van der Waals surface area contributed by atoms with Crippen LogP contribution < -0.4 is 10.1 Å². The number of carbonyl (C=O) groups excluding carboxylic acids is 4. The number of benzene rings is 1. The zero-order valence-corrected chi connectivity index (χ0v) is 28.7. The molecule has 2 rings (SSSR count). The lowest BCUT2D eigenvalue weighted by Gasteiger charge is -2.22. The molecule has 274 valence electrons. The lowest BCUT2D eigenvalue weighted by Crippen LogP contribution is -2.31. The van der Waals surface area contributed by atoms with Crippen molar-refractivity contribution in [1.82, 2.24) is 5.32 Å². The maximum Gasteiger partial charge on any atom is 0.330 e. The first-order valence-corrected chi connectivity index (χ1v) is 17.6. The third kappa shape index (κ3) is 18.5. The first-order chi connectivity index (χ1) is 23.6. The summed E-state index contributed by atoms with van der Waals surface area (Å²) >= 11 is 0. The summed E-state index contributed by atoms with van der Waals surface area (Å²) in [4.78, 5) is 62.6. The van der Waals surface area contributed by atoms with Crippen molar-refractivity contribution in [3.63, 3.8) is 0 Å². The largest absolute Gasteiger partial charge is 0.465 e. The van der Waals surface area contributed by atoms with Crippen molar-refractivity contribution >= 4 is 23.6 Å². The summed E-state index contributed by atoms with van der Waals surface area (Å²) < 4.78 is 10.4. The van der Waals surface area contributed by atoms with E-state index in [0.29, 0.717) is 57.1 Å². The highest BCUT2D eigenvalue weighted by atomic mass is 16.9. The lowest BCUT2D eigenvalue weighted by molar-refractivity contribution is -0.757. The normalized spacial score (nSPS) is 18.7. The number of aliphatic hydroxyl groups is 2. The van der Waals surface area contributed by atoms with E-state index in [1.807, 2.05) is 12.2 Å². The van der Waals surface area contributed by atoms with Crippen LogP contribution >= 0.6 is 0 Å². The van der Waals surface area contributed by atoms with Crippen molar-refractivity contribution in [2.24, 2.45) is 11.8 Å². The Morgan fingerprint density at radius 3 is 2.35 bits per heavy atom. The van der Waals surface area contributed by atoms with Crippen molar-refractivity contribution in [3.05, 3.63) is 52.1 Å². The standard InChI is InChI=1S/C36H54N2O11/c1-2-3-4-5-8-12-28(39)18-21-31-30(32(40)25-33(31)41)13-9-6-7-10-14-34(42)37-26-36(44)49-29-19-16-27(17-20-29)22-24-47-35(43)15-11-23-48-38(45)46/h6,9,16-17,19-20,30-33,40-41H,2-5,7-8,10-15,18,21-26H2,1H3,(H,37,42)/b9-6-/t30-,31-,32+,33-/m1/s1. The van der Waals surface area contributed by atoms with E-state index < -0.39 is 29.2 Å². The first kappa shape index (κ1) is 41.3. The number of rotatable bonds is 26. The summed E-state index contributed by atoms with van der Waals surface area (Å²) in [5, 5.41) is 32.7. The Balaban J connectivity index is 1.57. The number of hydrogen-bond donors (Lipinski definition) is 3. The Bertz CT molecular complexity index is 1190. The summed E-state index contributed by atoms with van der Waals surface area (Å²) in [6, 6.07) is 6.64. The van der Waals surface area contributed by atoms with Gasteiger partial charge in [-0.25, -0.2) is 4.79 Å². The van der Waals surface area contributed by atoms with Gasteiger partial charge in [-0.15, -0.1) is 10.1 Å². The fourth-order valence-corrected chi connectivity index (χ4v) is 5.90. The highest BCUT2D eigenvalue weighted by Gasteiger charge is 2.40. The molecule has 4 atom stereocenters. The van der Waals surface area contributed by atoms with Crippen LogP contribution in [0.5, 0.6) is 5.75 Å². The van der Waals surface area contributed by atoms with Gasteiger partial charge in [0.05, 0.1) is 25.4 Å². The highest BCUT2D eigenvalue weighted by molar-refractivity contribution is 5.82. The van der Waals surface area contributed by atoms with Crippen molar-refractivity contribution in [3.8, 4) is 5.75 Å². The second kappa shape index (κ2) is 24.3. The average molecular weight is 691 g/mol. The molecule has 1 aromatic rings. The third-order valence-electron chi connectivity index (χ3n) is 8.65. The summed E-state index contributed by atoms with van der Waals surface area (Å²) in [6.07, 6.45) is 12.9. The minimum absolute atomic E-state index is 0.0142. The van der Waals surface area contributed by atoms with Crippen LogP contribution in [-0.2, 0) is 35.2 Å². The van der Waals surface area contributed by atoms with Gasteiger partial charge in [-0.2, -0.15) is 0 Å². The molecule has 1 aliphatic rings. The zero-order chi connectivity index (χ0) is 35.9. The molecule has 0 unspecified atom stereocenters. The van der Waals surface area contributed by atoms with E-state index in [2.05, 4.69) is 17.1 Å². The Morgan fingerprint density at radius 2 is 1.61 bits per heavy atom. The Kier molecular flexibility index (Phi) is 20.5. The molecule has 0 aromatic heterocycles. The molecular weight excluding hydrogens is 636 g/mol. The van der Waals surface area contributed by atoms with Crippen LogP contribution in [0.25, 0.3) is 0 Å². The molecule has 0 radical (unpaired) electrons. The van der Waals surface area contributed by atoms with Crippen LogP contribution in [-0.4, -0.2) is 70.9 Å². The van der Waals surface area contributed by atoms with Crippen LogP contribution in [0.4, 0.5) is 0 Å². The molecule has 0 saturated heterocycles. The predicted molar refractivity (Wildman–Crippen MR) is 181 cm³/mol. The number of aliphatic hydroxyl groups excluding tert-OH is 2. The molecule has 0 spiro atoms. The van der Waals surface area contributed by atoms with E-state index in [0.717, 1.165) is 24.8 Å². The van der Waals surface area contributed by atoms with Crippen LogP contribution in [0.1, 0.15) is 109 Å². The molecule has 13 nitrogen and oxygen atoms in total. The molecule has 0 heterocycles. The van der Waals surface area contributed by atoms with Gasteiger partial charge in [0.1, 0.15) is 18.1 Å². The first-order valence-electron chi connectivity index (χ1n) is 17.6. The van der Waals surface area contributed by atoms with Gasteiger partial charge in [-0.05, 0) is 74.5 Å². The van der Waals surface area contributed by atoms with Gasteiger partial charge in [0.2, 0.25) is 5.91 Å². The van der Waals surface area contributed by atoms with E-state index in [1.165, 1.54) is 12.8 Å². The number of unbranched alkanes of at least 4 members (excludes halogenated alkanes) is 5. The second-order valence-corrected chi connectivity index (χ2v) is 12.6. The average Bonchev–Trinajstić information content (AvgIpc) is 3.34. The van der Waals surface area contributed by atoms with E-state index in [1.54, 1.807) is 24.3 Å². The van der Waals surface area contributed by atoms with Crippen molar-refractivity contribution in [2.75, 3.05) is 19.8 Å². The van der Waals surface area contributed by atoms with E-state index in [9.17, 15) is 39.5 Å².